The summed E-state index contributed by atoms with van der Waals surface area (Å²) in [5, 5.41) is 2.64. The SMILES string of the molecule is CCc1ccc(C(=O)Nc2ccc(F)cc2Cl)cc1S(=O)(=O)N1CCOCC1. The summed E-state index contributed by atoms with van der Waals surface area (Å²) in [7, 11) is -3.75. The molecule has 6 nitrogen and oxygen atoms in total. The number of rotatable bonds is 5. The molecule has 1 N–H and O–H groups in total. The predicted octanol–water partition coefficient (Wildman–Crippen LogP) is 3.31. The number of morpholine rings is 1. The summed E-state index contributed by atoms with van der Waals surface area (Å²) in [5.41, 5.74) is 1.04. The van der Waals surface area contributed by atoms with Crippen LogP contribution in [0.3, 0.4) is 0 Å². The summed E-state index contributed by atoms with van der Waals surface area (Å²) in [5.74, 6) is -1.05. The molecule has 0 aliphatic carbocycles. The Morgan fingerprint density at radius 2 is 1.93 bits per heavy atom. The fourth-order valence-electron chi connectivity index (χ4n) is 2.94. The second kappa shape index (κ2) is 8.57. The first kappa shape index (κ1) is 20.7. The number of hydrogen-bond acceptors (Lipinski definition) is 4. The highest BCUT2D eigenvalue weighted by atomic mass is 35.5. The van der Waals surface area contributed by atoms with Gasteiger partial charge in [-0.1, -0.05) is 24.6 Å². The lowest BCUT2D eigenvalue weighted by molar-refractivity contribution is 0.0730. The van der Waals surface area contributed by atoms with Crippen molar-refractivity contribution < 1.29 is 22.3 Å². The fourth-order valence-corrected chi connectivity index (χ4v) is 4.88. The summed E-state index contributed by atoms with van der Waals surface area (Å²) in [4.78, 5) is 12.7. The third kappa shape index (κ3) is 4.35. The van der Waals surface area contributed by atoms with Gasteiger partial charge in [-0.05, 0) is 42.3 Å². The number of sulfonamides is 1. The van der Waals surface area contributed by atoms with Crippen LogP contribution in [0.15, 0.2) is 41.3 Å². The molecule has 0 aromatic heterocycles. The summed E-state index contributed by atoms with van der Waals surface area (Å²) >= 11 is 5.95. The Morgan fingerprint density at radius 1 is 1.21 bits per heavy atom. The maximum Gasteiger partial charge on any atom is 0.255 e. The van der Waals surface area contributed by atoms with Crippen molar-refractivity contribution in [2.45, 2.75) is 18.2 Å². The minimum absolute atomic E-state index is 0.0553. The normalized spacial score (nSPS) is 15.4. The third-order valence-electron chi connectivity index (χ3n) is 4.48. The van der Waals surface area contributed by atoms with Crippen molar-refractivity contribution in [2.75, 3.05) is 31.6 Å². The second-order valence-corrected chi connectivity index (χ2v) is 8.58. The minimum atomic E-state index is -3.75. The lowest BCUT2D eigenvalue weighted by Gasteiger charge is -2.27. The van der Waals surface area contributed by atoms with Crippen molar-refractivity contribution in [3.63, 3.8) is 0 Å². The van der Waals surface area contributed by atoms with Crippen molar-refractivity contribution in [3.8, 4) is 0 Å². The molecule has 0 saturated carbocycles. The highest BCUT2D eigenvalue weighted by Crippen LogP contribution is 2.26. The van der Waals surface area contributed by atoms with Crippen LogP contribution in [0.1, 0.15) is 22.8 Å². The maximum atomic E-state index is 13.2. The van der Waals surface area contributed by atoms with Crippen LogP contribution in [-0.2, 0) is 21.2 Å². The third-order valence-corrected chi connectivity index (χ3v) is 6.77. The van der Waals surface area contributed by atoms with Crippen LogP contribution in [-0.4, -0.2) is 44.9 Å². The van der Waals surface area contributed by atoms with Gasteiger partial charge in [-0.25, -0.2) is 12.8 Å². The Morgan fingerprint density at radius 3 is 2.57 bits per heavy atom. The molecule has 0 radical (unpaired) electrons. The Hall–Kier alpha value is -2.00. The van der Waals surface area contributed by atoms with Gasteiger partial charge in [0.2, 0.25) is 10.0 Å². The van der Waals surface area contributed by atoms with Crippen molar-refractivity contribution in [1.82, 2.24) is 4.31 Å². The van der Waals surface area contributed by atoms with Gasteiger partial charge in [-0.15, -0.1) is 0 Å². The molecule has 1 fully saturated rings. The average Bonchev–Trinajstić information content (AvgIpc) is 2.70. The zero-order chi connectivity index (χ0) is 20.3. The van der Waals surface area contributed by atoms with Crippen molar-refractivity contribution in [1.29, 1.82) is 0 Å². The second-order valence-electron chi connectivity index (χ2n) is 6.27. The first-order valence-electron chi connectivity index (χ1n) is 8.80. The molecule has 1 aliphatic heterocycles. The maximum absolute atomic E-state index is 13.2. The molecule has 2 aromatic carbocycles. The lowest BCUT2D eigenvalue weighted by atomic mass is 10.1. The van der Waals surface area contributed by atoms with E-state index in [0.717, 1.165) is 6.07 Å². The number of anilines is 1. The largest absolute Gasteiger partial charge is 0.379 e. The van der Waals surface area contributed by atoms with Crippen LogP contribution in [0.25, 0.3) is 0 Å². The molecular formula is C19H20ClFN2O4S. The number of amides is 1. The number of halogens is 2. The number of carbonyl (C=O) groups is 1. The monoisotopic (exact) mass is 426 g/mol. The number of ether oxygens (including phenoxy) is 1. The Balaban J connectivity index is 1.92. The van der Waals surface area contributed by atoms with Gasteiger partial charge in [0.25, 0.3) is 5.91 Å². The van der Waals surface area contributed by atoms with E-state index in [2.05, 4.69) is 5.32 Å². The van der Waals surface area contributed by atoms with Gasteiger partial charge in [-0.3, -0.25) is 4.79 Å². The Bertz CT molecular complexity index is 991. The van der Waals surface area contributed by atoms with E-state index in [0.29, 0.717) is 25.2 Å². The average molecular weight is 427 g/mol. The number of carbonyl (C=O) groups excluding carboxylic acids is 1. The van der Waals surface area contributed by atoms with Crippen molar-refractivity contribution in [2.24, 2.45) is 0 Å². The first-order valence-corrected chi connectivity index (χ1v) is 10.6. The first-order chi connectivity index (χ1) is 13.3. The number of hydrogen-bond donors (Lipinski definition) is 1. The van der Waals surface area contributed by atoms with Crippen LogP contribution in [0.4, 0.5) is 10.1 Å². The quantitative estimate of drug-likeness (QED) is 0.795. The molecule has 2 aromatic rings. The highest BCUT2D eigenvalue weighted by Gasteiger charge is 2.29. The van der Waals surface area contributed by atoms with E-state index in [9.17, 15) is 17.6 Å². The van der Waals surface area contributed by atoms with E-state index in [1.54, 1.807) is 12.1 Å². The standard InChI is InChI=1S/C19H20ClFN2O4S/c1-2-13-3-4-14(19(24)22-17-6-5-15(21)12-16(17)20)11-18(13)28(25,26)23-7-9-27-10-8-23/h3-6,11-12H,2,7-10H2,1H3,(H,22,24). The summed E-state index contributed by atoms with van der Waals surface area (Å²) in [6.45, 7) is 3.07. The molecule has 0 bridgehead atoms. The molecular weight excluding hydrogens is 407 g/mol. The fraction of sp³-hybridized carbons (Fsp3) is 0.316. The minimum Gasteiger partial charge on any atom is -0.379 e. The molecule has 9 heteroatoms. The molecule has 150 valence electrons. The van der Waals surface area contributed by atoms with Crippen molar-refractivity contribution >= 4 is 33.2 Å². The molecule has 1 aliphatic rings. The van der Waals surface area contributed by atoms with E-state index < -0.39 is 21.7 Å². The van der Waals surface area contributed by atoms with Gasteiger partial charge in [-0.2, -0.15) is 4.31 Å². The van der Waals surface area contributed by atoms with Crippen LogP contribution >= 0.6 is 11.6 Å². The van der Waals surface area contributed by atoms with E-state index >= 15 is 0 Å². The topological polar surface area (TPSA) is 75.7 Å². The molecule has 0 spiro atoms. The van der Waals surface area contributed by atoms with Gasteiger partial charge in [0.15, 0.2) is 0 Å². The summed E-state index contributed by atoms with van der Waals surface area (Å²) < 4.78 is 45.9. The lowest BCUT2D eigenvalue weighted by Crippen LogP contribution is -2.41. The molecule has 0 unspecified atom stereocenters. The molecule has 1 saturated heterocycles. The van der Waals surface area contributed by atoms with Crippen LogP contribution in [0, 0.1) is 5.82 Å². The number of benzene rings is 2. The predicted molar refractivity (Wildman–Crippen MR) is 105 cm³/mol. The van der Waals surface area contributed by atoms with E-state index in [-0.39, 0.29) is 34.3 Å². The number of nitrogens with one attached hydrogen (secondary N) is 1. The number of aryl methyl sites for hydroxylation is 1. The number of nitrogens with zero attached hydrogens (tertiary/aromatic N) is 1. The molecule has 1 heterocycles. The van der Waals surface area contributed by atoms with Crippen molar-refractivity contribution in [3.05, 3.63) is 58.4 Å². The van der Waals surface area contributed by atoms with Crippen LogP contribution < -0.4 is 5.32 Å². The van der Waals surface area contributed by atoms with Crippen LogP contribution in [0.5, 0.6) is 0 Å². The van der Waals surface area contributed by atoms with E-state index in [4.69, 9.17) is 16.3 Å². The smallest absolute Gasteiger partial charge is 0.255 e. The van der Waals surface area contributed by atoms with Gasteiger partial charge in [0, 0.05) is 18.7 Å². The molecule has 28 heavy (non-hydrogen) atoms. The zero-order valence-corrected chi connectivity index (χ0v) is 16.8. The molecule has 0 atom stereocenters. The summed E-state index contributed by atoms with van der Waals surface area (Å²) in [6.07, 6.45) is 0.505. The van der Waals surface area contributed by atoms with Gasteiger partial charge >= 0.3 is 0 Å². The highest BCUT2D eigenvalue weighted by molar-refractivity contribution is 7.89. The van der Waals surface area contributed by atoms with Gasteiger partial charge in [0.05, 0.1) is 28.8 Å². The van der Waals surface area contributed by atoms with Gasteiger partial charge in [0.1, 0.15) is 5.82 Å². The zero-order valence-electron chi connectivity index (χ0n) is 15.2. The van der Waals surface area contributed by atoms with E-state index in [1.807, 2.05) is 6.92 Å². The summed E-state index contributed by atoms with van der Waals surface area (Å²) in [6, 6.07) is 8.18. The Labute approximate surface area is 168 Å². The molecule has 3 rings (SSSR count). The van der Waals surface area contributed by atoms with E-state index in [1.165, 1.54) is 22.5 Å². The van der Waals surface area contributed by atoms with Gasteiger partial charge < -0.3 is 10.1 Å². The molecule has 1 amide bonds. The Kier molecular flexibility index (Phi) is 6.34. The van der Waals surface area contributed by atoms with Crippen LogP contribution in [0.2, 0.25) is 5.02 Å².